The molecule has 0 aliphatic heterocycles. The van der Waals surface area contributed by atoms with E-state index >= 15 is 0 Å². The van der Waals surface area contributed by atoms with Crippen LogP contribution >= 0.6 is 11.6 Å². The van der Waals surface area contributed by atoms with E-state index in [0.29, 0.717) is 36.8 Å². The molecule has 0 spiro atoms. The third kappa shape index (κ3) is 3.74. The van der Waals surface area contributed by atoms with E-state index in [1.165, 1.54) is 12.8 Å². The molecule has 1 aliphatic carbocycles. The number of halogens is 1. The molecule has 6 heteroatoms. The molecule has 1 aliphatic rings. The lowest BCUT2D eigenvalue weighted by Gasteiger charge is -2.23. The van der Waals surface area contributed by atoms with Crippen molar-refractivity contribution in [3.8, 4) is 0 Å². The highest BCUT2D eigenvalue weighted by Crippen LogP contribution is 2.33. The maximum Gasteiger partial charge on any atom is 0.158 e. The smallest absolute Gasteiger partial charge is 0.158 e. The molecule has 112 valence electrons. The molecular formula is C15H18ClN3O2. The van der Waals surface area contributed by atoms with Crippen LogP contribution < -0.4 is 4.90 Å². The summed E-state index contributed by atoms with van der Waals surface area (Å²) in [6.45, 7) is 3.64. The van der Waals surface area contributed by atoms with Crippen molar-refractivity contribution in [2.45, 2.75) is 39.0 Å². The first-order valence-corrected chi connectivity index (χ1v) is 7.54. The summed E-state index contributed by atoms with van der Waals surface area (Å²) >= 11 is 6.12. The third-order valence-corrected chi connectivity index (χ3v) is 3.54. The molecule has 2 heterocycles. The molecule has 0 aromatic carbocycles. The maximum atomic E-state index is 6.12. The van der Waals surface area contributed by atoms with Gasteiger partial charge in [0.1, 0.15) is 23.3 Å². The Balaban J connectivity index is 1.82. The Labute approximate surface area is 128 Å². The highest BCUT2D eigenvalue weighted by molar-refractivity contribution is 6.29. The average molecular weight is 308 g/mol. The molecule has 0 N–H and O–H groups in total. The zero-order valence-corrected chi connectivity index (χ0v) is 12.7. The van der Waals surface area contributed by atoms with Crippen LogP contribution in [-0.2, 0) is 17.9 Å². The summed E-state index contributed by atoms with van der Waals surface area (Å²) in [6, 6.07) is 6.17. The van der Waals surface area contributed by atoms with Crippen LogP contribution in [0, 0.1) is 0 Å². The number of nitrogens with zero attached hydrogens (tertiary/aromatic N) is 3. The molecule has 0 amide bonds. The van der Waals surface area contributed by atoms with E-state index < -0.39 is 0 Å². The zero-order chi connectivity index (χ0) is 14.7. The monoisotopic (exact) mass is 307 g/mol. The lowest BCUT2D eigenvalue weighted by atomic mass is 10.3. The predicted octanol–water partition coefficient (Wildman–Crippen LogP) is 3.43. The Kier molecular flexibility index (Phi) is 4.41. The molecule has 0 saturated heterocycles. The molecular weight excluding hydrogens is 290 g/mol. The first-order valence-electron chi connectivity index (χ1n) is 7.16. The van der Waals surface area contributed by atoms with Gasteiger partial charge in [0.25, 0.3) is 0 Å². The standard InChI is InChI=1S/C15H18ClN3O2/c1-2-20-10-14-17-13(16)8-15(18-14)19(11-5-6-11)9-12-4-3-7-21-12/h3-4,7-8,11H,2,5-6,9-10H2,1H3. The van der Waals surface area contributed by atoms with E-state index in [0.717, 1.165) is 11.6 Å². The second kappa shape index (κ2) is 6.45. The summed E-state index contributed by atoms with van der Waals surface area (Å²) in [5.74, 6) is 2.37. The van der Waals surface area contributed by atoms with E-state index in [1.54, 1.807) is 12.3 Å². The quantitative estimate of drug-likeness (QED) is 0.734. The molecule has 0 atom stereocenters. The number of ether oxygens (including phenoxy) is 1. The highest BCUT2D eigenvalue weighted by atomic mass is 35.5. The Bertz CT molecular complexity index is 585. The summed E-state index contributed by atoms with van der Waals surface area (Å²) in [7, 11) is 0. The topological polar surface area (TPSA) is 51.4 Å². The largest absolute Gasteiger partial charge is 0.467 e. The highest BCUT2D eigenvalue weighted by Gasteiger charge is 2.31. The number of anilines is 1. The average Bonchev–Trinajstić information content (AvgIpc) is 3.18. The van der Waals surface area contributed by atoms with E-state index in [-0.39, 0.29) is 0 Å². The number of hydrogen-bond acceptors (Lipinski definition) is 5. The Morgan fingerprint density at radius 3 is 2.95 bits per heavy atom. The molecule has 0 unspecified atom stereocenters. The molecule has 21 heavy (non-hydrogen) atoms. The van der Waals surface area contributed by atoms with Gasteiger partial charge >= 0.3 is 0 Å². The summed E-state index contributed by atoms with van der Waals surface area (Å²) in [4.78, 5) is 11.0. The fourth-order valence-corrected chi connectivity index (χ4v) is 2.41. The first-order chi connectivity index (χ1) is 10.3. The van der Waals surface area contributed by atoms with Crippen LogP contribution in [0.1, 0.15) is 31.4 Å². The number of rotatable bonds is 7. The van der Waals surface area contributed by atoms with Crippen molar-refractivity contribution in [3.05, 3.63) is 41.2 Å². The van der Waals surface area contributed by atoms with Crippen molar-refractivity contribution in [2.75, 3.05) is 11.5 Å². The van der Waals surface area contributed by atoms with E-state index in [1.807, 2.05) is 19.1 Å². The molecule has 1 saturated carbocycles. The van der Waals surface area contributed by atoms with E-state index in [4.69, 9.17) is 20.8 Å². The maximum absolute atomic E-state index is 6.12. The third-order valence-electron chi connectivity index (χ3n) is 3.35. The minimum Gasteiger partial charge on any atom is -0.467 e. The van der Waals surface area contributed by atoms with Crippen molar-refractivity contribution >= 4 is 17.4 Å². The Morgan fingerprint density at radius 1 is 1.43 bits per heavy atom. The number of aromatic nitrogens is 2. The van der Waals surface area contributed by atoms with Gasteiger partial charge in [-0.2, -0.15) is 0 Å². The van der Waals surface area contributed by atoms with Crippen LogP contribution in [-0.4, -0.2) is 22.6 Å². The van der Waals surface area contributed by atoms with Gasteiger partial charge < -0.3 is 14.1 Å². The number of hydrogen-bond donors (Lipinski definition) is 0. The molecule has 0 radical (unpaired) electrons. The SMILES string of the molecule is CCOCc1nc(Cl)cc(N(Cc2ccco2)C2CC2)n1. The molecule has 2 aromatic heterocycles. The van der Waals surface area contributed by atoms with Crippen molar-refractivity contribution in [1.82, 2.24) is 9.97 Å². The lowest BCUT2D eigenvalue weighted by Crippen LogP contribution is -2.26. The van der Waals surface area contributed by atoms with Crippen molar-refractivity contribution in [3.63, 3.8) is 0 Å². The van der Waals surface area contributed by atoms with Gasteiger partial charge in [-0.25, -0.2) is 9.97 Å². The normalized spacial score (nSPS) is 14.4. The van der Waals surface area contributed by atoms with E-state index in [2.05, 4.69) is 14.9 Å². The predicted molar refractivity (Wildman–Crippen MR) is 80.3 cm³/mol. The van der Waals surface area contributed by atoms with Crippen LogP contribution in [0.15, 0.2) is 28.9 Å². The Hall–Kier alpha value is -1.59. The summed E-state index contributed by atoms with van der Waals surface area (Å²) in [5, 5.41) is 0.444. The first kappa shape index (κ1) is 14.4. The van der Waals surface area contributed by atoms with Gasteiger partial charge in [-0.15, -0.1) is 0 Å². The van der Waals surface area contributed by atoms with Crippen LogP contribution in [0.4, 0.5) is 5.82 Å². The summed E-state index contributed by atoms with van der Waals surface area (Å²) < 4.78 is 10.8. The second-order valence-electron chi connectivity index (χ2n) is 5.04. The van der Waals surface area contributed by atoms with Crippen molar-refractivity contribution in [1.29, 1.82) is 0 Å². The van der Waals surface area contributed by atoms with Gasteiger partial charge in [-0.1, -0.05) is 11.6 Å². The Morgan fingerprint density at radius 2 is 2.29 bits per heavy atom. The minimum atomic E-state index is 0.378. The van der Waals surface area contributed by atoms with Gasteiger partial charge in [0.05, 0.1) is 12.8 Å². The summed E-state index contributed by atoms with van der Waals surface area (Å²) in [5.41, 5.74) is 0. The molecule has 3 rings (SSSR count). The molecule has 0 bridgehead atoms. The van der Waals surface area contributed by atoms with E-state index in [9.17, 15) is 0 Å². The van der Waals surface area contributed by atoms with Crippen LogP contribution in [0.5, 0.6) is 0 Å². The minimum absolute atomic E-state index is 0.378. The fourth-order valence-electron chi connectivity index (χ4n) is 2.21. The molecule has 2 aromatic rings. The van der Waals surface area contributed by atoms with Crippen molar-refractivity contribution in [2.24, 2.45) is 0 Å². The van der Waals surface area contributed by atoms with Crippen LogP contribution in [0.2, 0.25) is 5.15 Å². The lowest BCUT2D eigenvalue weighted by molar-refractivity contribution is 0.128. The molecule has 1 fully saturated rings. The van der Waals surface area contributed by atoms with Gasteiger partial charge in [-0.05, 0) is 31.9 Å². The van der Waals surface area contributed by atoms with Gasteiger partial charge in [0, 0.05) is 18.7 Å². The van der Waals surface area contributed by atoms with Gasteiger partial charge in [-0.3, -0.25) is 0 Å². The number of furan rings is 1. The van der Waals surface area contributed by atoms with Gasteiger partial charge in [0.15, 0.2) is 5.82 Å². The second-order valence-corrected chi connectivity index (χ2v) is 5.43. The fraction of sp³-hybridized carbons (Fsp3) is 0.467. The molecule has 5 nitrogen and oxygen atoms in total. The summed E-state index contributed by atoms with van der Waals surface area (Å²) in [6.07, 6.45) is 4.03. The van der Waals surface area contributed by atoms with Gasteiger partial charge in [0.2, 0.25) is 0 Å². The van der Waals surface area contributed by atoms with Crippen LogP contribution in [0.3, 0.4) is 0 Å². The van der Waals surface area contributed by atoms with Crippen LogP contribution in [0.25, 0.3) is 0 Å². The zero-order valence-electron chi connectivity index (χ0n) is 12.0. The van der Waals surface area contributed by atoms with Crippen molar-refractivity contribution < 1.29 is 9.15 Å².